The van der Waals surface area contributed by atoms with Gasteiger partial charge in [0.2, 0.25) is 5.95 Å². The van der Waals surface area contributed by atoms with Crippen molar-refractivity contribution in [3.05, 3.63) is 82.1 Å². The molecule has 210 valence electrons. The summed E-state index contributed by atoms with van der Waals surface area (Å²) < 4.78 is 30.8. The highest BCUT2D eigenvalue weighted by atomic mass is 19.1. The maximum absolute atomic E-state index is 14.9. The van der Waals surface area contributed by atoms with Crippen LogP contribution in [0.25, 0.3) is 28.0 Å². The van der Waals surface area contributed by atoms with Crippen LogP contribution in [0.15, 0.2) is 59.4 Å². The SMILES string of the molecule is CCN(CC)CCCNc1nc(-c2ccccc2C(=O)NC(C)C)c2ccc(=O)n(-c3c(F)cccc3F)c2n1. The molecule has 0 saturated heterocycles. The van der Waals surface area contributed by atoms with Crippen molar-refractivity contribution in [2.45, 2.75) is 40.2 Å². The average Bonchev–Trinajstić information content (AvgIpc) is 2.93. The summed E-state index contributed by atoms with van der Waals surface area (Å²) in [5.74, 6) is -1.92. The highest BCUT2D eigenvalue weighted by Crippen LogP contribution is 2.31. The van der Waals surface area contributed by atoms with Crippen LogP contribution >= 0.6 is 0 Å². The molecule has 0 saturated carbocycles. The lowest BCUT2D eigenvalue weighted by Gasteiger charge is -2.19. The molecule has 4 rings (SSSR count). The van der Waals surface area contributed by atoms with E-state index in [-0.39, 0.29) is 23.5 Å². The molecule has 0 bridgehead atoms. The van der Waals surface area contributed by atoms with Crippen molar-refractivity contribution in [2.75, 3.05) is 31.5 Å². The number of nitrogens with zero attached hydrogens (tertiary/aromatic N) is 4. The largest absolute Gasteiger partial charge is 0.354 e. The number of carbonyl (C=O) groups excluding carboxylic acids is 1. The van der Waals surface area contributed by atoms with E-state index < -0.39 is 22.9 Å². The first kappa shape index (κ1) is 28.8. The Labute approximate surface area is 232 Å². The minimum atomic E-state index is -0.903. The summed E-state index contributed by atoms with van der Waals surface area (Å²) >= 11 is 0. The summed E-state index contributed by atoms with van der Waals surface area (Å²) in [7, 11) is 0. The molecule has 0 fully saturated rings. The second-order valence-electron chi connectivity index (χ2n) is 9.69. The van der Waals surface area contributed by atoms with Crippen molar-refractivity contribution in [3.8, 4) is 16.9 Å². The third-order valence-electron chi connectivity index (χ3n) is 6.59. The van der Waals surface area contributed by atoms with Crippen molar-refractivity contribution in [1.82, 2.24) is 24.8 Å². The van der Waals surface area contributed by atoms with E-state index in [2.05, 4.69) is 34.4 Å². The smallest absolute Gasteiger partial charge is 0.256 e. The molecule has 0 aliphatic carbocycles. The predicted octanol–water partition coefficient (Wildman–Crippen LogP) is 5.01. The molecule has 0 unspecified atom stereocenters. The number of anilines is 1. The van der Waals surface area contributed by atoms with Crippen molar-refractivity contribution in [3.63, 3.8) is 0 Å². The number of rotatable bonds is 11. The quantitative estimate of drug-likeness (QED) is 0.256. The summed E-state index contributed by atoms with van der Waals surface area (Å²) in [6.45, 7) is 11.2. The first-order valence-corrected chi connectivity index (χ1v) is 13.5. The molecule has 40 heavy (non-hydrogen) atoms. The Hall–Kier alpha value is -4.18. The molecule has 0 spiro atoms. The molecular formula is C30H34F2N6O2. The average molecular weight is 549 g/mol. The second-order valence-corrected chi connectivity index (χ2v) is 9.69. The molecule has 0 aliphatic rings. The number of para-hydroxylation sites is 1. The van der Waals surface area contributed by atoms with Crippen LogP contribution in [-0.2, 0) is 0 Å². The fraction of sp³-hybridized carbons (Fsp3) is 0.333. The van der Waals surface area contributed by atoms with Crippen LogP contribution in [0.1, 0.15) is 44.5 Å². The molecule has 2 N–H and O–H groups in total. The van der Waals surface area contributed by atoms with Gasteiger partial charge in [-0.1, -0.05) is 38.1 Å². The number of hydrogen-bond donors (Lipinski definition) is 2. The summed E-state index contributed by atoms with van der Waals surface area (Å²) in [6.07, 6.45) is 0.801. The Balaban J connectivity index is 1.92. The van der Waals surface area contributed by atoms with Gasteiger partial charge in [-0.2, -0.15) is 4.98 Å². The maximum Gasteiger partial charge on any atom is 0.256 e. The molecule has 1 amide bonds. The summed E-state index contributed by atoms with van der Waals surface area (Å²) in [6, 6.07) is 13.0. The number of aromatic nitrogens is 3. The second kappa shape index (κ2) is 12.8. The van der Waals surface area contributed by atoms with Crippen LogP contribution in [0.4, 0.5) is 14.7 Å². The van der Waals surface area contributed by atoms with Gasteiger partial charge < -0.3 is 15.5 Å². The minimum Gasteiger partial charge on any atom is -0.354 e. The normalized spacial score (nSPS) is 11.4. The topological polar surface area (TPSA) is 92.2 Å². The molecule has 4 aromatic rings. The highest BCUT2D eigenvalue weighted by Gasteiger charge is 2.22. The molecule has 0 atom stereocenters. The Morgan fingerprint density at radius 1 is 0.975 bits per heavy atom. The van der Waals surface area contributed by atoms with E-state index in [4.69, 9.17) is 4.98 Å². The van der Waals surface area contributed by atoms with Crippen LogP contribution in [-0.4, -0.2) is 57.6 Å². The van der Waals surface area contributed by atoms with Gasteiger partial charge in [0.1, 0.15) is 17.3 Å². The van der Waals surface area contributed by atoms with Gasteiger partial charge >= 0.3 is 0 Å². The van der Waals surface area contributed by atoms with Crippen LogP contribution in [0.2, 0.25) is 0 Å². The lowest BCUT2D eigenvalue weighted by atomic mass is 10.0. The van der Waals surface area contributed by atoms with Crippen molar-refractivity contribution in [1.29, 1.82) is 0 Å². The minimum absolute atomic E-state index is 0.0202. The first-order valence-electron chi connectivity index (χ1n) is 13.5. The predicted molar refractivity (Wildman–Crippen MR) is 154 cm³/mol. The van der Waals surface area contributed by atoms with Gasteiger partial charge in [0.15, 0.2) is 5.65 Å². The van der Waals surface area contributed by atoms with Gasteiger partial charge in [-0.25, -0.2) is 13.8 Å². The zero-order valence-electron chi connectivity index (χ0n) is 23.2. The lowest BCUT2D eigenvalue weighted by Crippen LogP contribution is -2.30. The number of nitrogens with one attached hydrogen (secondary N) is 2. The van der Waals surface area contributed by atoms with E-state index in [1.807, 2.05) is 13.8 Å². The number of pyridine rings is 1. The molecule has 8 nitrogen and oxygen atoms in total. The molecular weight excluding hydrogens is 514 g/mol. The van der Waals surface area contributed by atoms with Gasteiger partial charge in [0.05, 0.1) is 5.69 Å². The monoisotopic (exact) mass is 548 g/mol. The first-order chi connectivity index (χ1) is 19.2. The van der Waals surface area contributed by atoms with Crippen LogP contribution in [0.5, 0.6) is 0 Å². The summed E-state index contributed by atoms with van der Waals surface area (Å²) in [5, 5.41) is 6.47. The van der Waals surface area contributed by atoms with Crippen LogP contribution in [0.3, 0.4) is 0 Å². The van der Waals surface area contributed by atoms with Gasteiger partial charge in [-0.05, 0) is 64.2 Å². The number of halogens is 2. The number of benzene rings is 2. The fourth-order valence-corrected chi connectivity index (χ4v) is 4.59. The Morgan fingerprint density at radius 2 is 1.68 bits per heavy atom. The third-order valence-corrected chi connectivity index (χ3v) is 6.59. The molecule has 10 heteroatoms. The van der Waals surface area contributed by atoms with Gasteiger partial charge in [0, 0.05) is 35.2 Å². The number of hydrogen-bond acceptors (Lipinski definition) is 6. The van der Waals surface area contributed by atoms with E-state index in [1.165, 1.54) is 18.2 Å². The maximum atomic E-state index is 14.9. The van der Waals surface area contributed by atoms with Gasteiger partial charge in [0.25, 0.3) is 11.5 Å². The van der Waals surface area contributed by atoms with Crippen molar-refractivity contribution in [2.24, 2.45) is 0 Å². The number of fused-ring (bicyclic) bond motifs is 1. The fourth-order valence-electron chi connectivity index (χ4n) is 4.59. The third kappa shape index (κ3) is 6.17. The lowest BCUT2D eigenvalue weighted by molar-refractivity contribution is 0.0943. The Bertz CT molecular complexity index is 1550. The molecule has 2 aromatic carbocycles. The van der Waals surface area contributed by atoms with Crippen molar-refractivity contribution >= 4 is 22.9 Å². The summed E-state index contributed by atoms with van der Waals surface area (Å²) in [5.41, 5.74) is 0.0700. The van der Waals surface area contributed by atoms with E-state index in [0.717, 1.165) is 42.8 Å². The van der Waals surface area contributed by atoms with Gasteiger partial charge in [-0.15, -0.1) is 0 Å². The Morgan fingerprint density at radius 3 is 2.35 bits per heavy atom. The van der Waals surface area contributed by atoms with Crippen molar-refractivity contribution < 1.29 is 13.6 Å². The number of carbonyl (C=O) groups is 1. The standard InChI is InChI=1S/C30H34F2N6O2/c1-5-37(6-2)18-10-17-33-30-35-26(20-11-7-8-12-21(20)29(40)34-19(3)4)22-15-16-25(39)38(28(22)36-30)27-23(31)13-9-14-24(27)32/h7-9,11-16,19H,5-6,10,17-18H2,1-4H3,(H,34,40)(H,33,35,36). The highest BCUT2D eigenvalue weighted by molar-refractivity contribution is 6.04. The van der Waals surface area contributed by atoms with E-state index in [1.54, 1.807) is 24.3 Å². The van der Waals surface area contributed by atoms with E-state index in [0.29, 0.717) is 28.8 Å². The van der Waals surface area contributed by atoms with Crippen LogP contribution in [0, 0.1) is 11.6 Å². The molecule has 0 aliphatic heterocycles. The van der Waals surface area contributed by atoms with Gasteiger partial charge in [-0.3, -0.25) is 14.2 Å². The molecule has 0 radical (unpaired) electrons. The summed E-state index contributed by atoms with van der Waals surface area (Å²) in [4.78, 5) is 37.8. The number of amides is 1. The zero-order valence-corrected chi connectivity index (χ0v) is 23.2. The Kier molecular flexibility index (Phi) is 9.21. The van der Waals surface area contributed by atoms with E-state index in [9.17, 15) is 18.4 Å². The molecule has 2 aromatic heterocycles. The molecule has 2 heterocycles. The van der Waals surface area contributed by atoms with E-state index >= 15 is 0 Å². The van der Waals surface area contributed by atoms with Crippen LogP contribution < -0.4 is 16.2 Å². The zero-order chi connectivity index (χ0) is 28.8.